The number of halogens is 1. The predicted octanol–water partition coefficient (Wildman–Crippen LogP) is 4.01. The van der Waals surface area contributed by atoms with Gasteiger partial charge in [-0.1, -0.05) is 12.1 Å². The zero-order valence-electron chi connectivity index (χ0n) is 16.4. The molecule has 1 aromatic heterocycles. The molecule has 0 atom stereocenters. The SMILES string of the molecule is O=C(Cc1ccc(NC(=O)c2ccc(Br)o2)cc1)Nc1ccc(N2CCNC2=O)cc1. The molecular weight excluding hydrogens is 464 g/mol. The first kappa shape index (κ1) is 20.7. The van der Waals surface area contributed by atoms with Crippen molar-refractivity contribution in [3.63, 3.8) is 0 Å². The largest absolute Gasteiger partial charge is 0.444 e. The molecule has 2 aromatic carbocycles. The highest BCUT2D eigenvalue weighted by atomic mass is 79.9. The number of carbonyl (C=O) groups excluding carboxylic acids is 3. The highest BCUT2D eigenvalue weighted by Gasteiger charge is 2.20. The van der Waals surface area contributed by atoms with Crippen LogP contribution in [0.4, 0.5) is 21.9 Å². The molecule has 1 fully saturated rings. The van der Waals surface area contributed by atoms with E-state index in [4.69, 9.17) is 4.42 Å². The van der Waals surface area contributed by atoms with Crippen molar-refractivity contribution in [2.24, 2.45) is 0 Å². The zero-order chi connectivity index (χ0) is 21.8. The van der Waals surface area contributed by atoms with E-state index in [2.05, 4.69) is 31.9 Å². The third kappa shape index (κ3) is 5.13. The average Bonchev–Trinajstić information content (AvgIpc) is 3.38. The number of hydrogen-bond acceptors (Lipinski definition) is 4. The minimum atomic E-state index is -0.356. The number of carbonyl (C=O) groups is 3. The molecule has 8 nitrogen and oxygen atoms in total. The van der Waals surface area contributed by atoms with Crippen molar-refractivity contribution in [1.82, 2.24) is 5.32 Å². The molecule has 2 heterocycles. The second-order valence-corrected chi connectivity index (χ2v) is 7.69. The lowest BCUT2D eigenvalue weighted by atomic mass is 10.1. The van der Waals surface area contributed by atoms with Crippen LogP contribution < -0.4 is 20.9 Å². The van der Waals surface area contributed by atoms with E-state index in [1.165, 1.54) is 0 Å². The fourth-order valence-electron chi connectivity index (χ4n) is 3.17. The standard InChI is InChI=1S/C22H19BrN4O4/c23-19-10-9-18(31-19)21(29)26-16-3-1-14(2-4-16)13-20(28)25-15-5-7-17(8-6-15)27-12-11-24-22(27)30/h1-10H,11-13H2,(H,24,30)(H,25,28)(H,26,29). The van der Waals surface area contributed by atoms with Crippen LogP contribution in [0.3, 0.4) is 0 Å². The maximum atomic E-state index is 12.4. The van der Waals surface area contributed by atoms with Gasteiger partial charge in [-0.15, -0.1) is 0 Å². The molecule has 3 aromatic rings. The molecule has 4 amide bonds. The Kier molecular flexibility index (Phi) is 6.03. The summed E-state index contributed by atoms with van der Waals surface area (Å²) in [6.07, 6.45) is 0.190. The van der Waals surface area contributed by atoms with Gasteiger partial charge in [0.25, 0.3) is 5.91 Å². The molecule has 0 spiro atoms. The average molecular weight is 483 g/mol. The minimum absolute atomic E-state index is 0.117. The van der Waals surface area contributed by atoms with Crippen molar-refractivity contribution < 1.29 is 18.8 Å². The summed E-state index contributed by atoms with van der Waals surface area (Å²) in [6.45, 7) is 1.25. The van der Waals surface area contributed by atoms with Crippen LogP contribution >= 0.6 is 15.9 Å². The second kappa shape index (κ2) is 9.05. The molecule has 0 bridgehead atoms. The number of hydrogen-bond donors (Lipinski definition) is 3. The minimum Gasteiger partial charge on any atom is -0.444 e. The molecule has 0 radical (unpaired) electrons. The Morgan fingerprint density at radius 3 is 2.26 bits per heavy atom. The smallest absolute Gasteiger partial charge is 0.321 e. The molecular formula is C22H19BrN4O4. The van der Waals surface area contributed by atoms with Crippen molar-refractivity contribution in [2.75, 3.05) is 28.6 Å². The quantitative estimate of drug-likeness (QED) is 0.493. The van der Waals surface area contributed by atoms with E-state index in [-0.39, 0.29) is 30.0 Å². The van der Waals surface area contributed by atoms with E-state index in [0.717, 1.165) is 11.3 Å². The summed E-state index contributed by atoms with van der Waals surface area (Å²) < 4.78 is 5.70. The van der Waals surface area contributed by atoms with Gasteiger partial charge in [-0.3, -0.25) is 14.5 Å². The van der Waals surface area contributed by atoms with E-state index in [1.54, 1.807) is 65.6 Å². The summed E-state index contributed by atoms with van der Waals surface area (Å²) in [5.74, 6) is -0.318. The van der Waals surface area contributed by atoms with Crippen LogP contribution in [0.25, 0.3) is 0 Å². The van der Waals surface area contributed by atoms with Crippen LogP contribution in [0.1, 0.15) is 16.1 Å². The molecule has 4 rings (SSSR count). The third-order valence-electron chi connectivity index (χ3n) is 4.69. The number of nitrogens with zero attached hydrogens (tertiary/aromatic N) is 1. The molecule has 158 valence electrons. The summed E-state index contributed by atoms with van der Waals surface area (Å²) in [6, 6.07) is 17.3. The van der Waals surface area contributed by atoms with E-state index in [9.17, 15) is 14.4 Å². The number of anilines is 3. The first-order valence-electron chi connectivity index (χ1n) is 9.59. The molecule has 1 aliphatic rings. The molecule has 9 heteroatoms. The Hall–Kier alpha value is -3.59. The number of rotatable bonds is 6. The number of benzene rings is 2. The Bertz CT molecular complexity index is 1110. The number of urea groups is 1. The lowest BCUT2D eigenvalue weighted by Gasteiger charge is -2.14. The maximum absolute atomic E-state index is 12.4. The van der Waals surface area contributed by atoms with Crippen LogP contribution in [0.15, 0.2) is 69.8 Å². The molecule has 0 saturated carbocycles. The fraction of sp³-hybridized carbons (Fsp3) is 0.136. The first-order valence-corrected chi connectivity index (χ1v) is 10.4. The van der Waals surface area contributed by atoms with E-state index in [1.807, 2.05) is 0 Å². The van der Waals surface area contributed by atoms with E-state index < -0.39 is 0 Å². The molecule has 1 saturated heterocycles. The van der Waals surface area contributed by atoms with Crippen LogP contribution in [-0.4, -0.2) is 30.9 Å². The second-order valence-electron chi connectivity index (χ2n) is 6.91. The number of furan rings is 1. The molecule has 31 heavy (non-hydrogen) atoms. The zero-order valence-corrected chi connectivity index (χ0v) is 17.9. The van der Waals surface area contributed by atoms with Gasteiger partial charge in [0.05, 0.1) is 6.42 Å². The van der Waals surface area contributed by atoms with Crippen molar-refractivity contribution in [3.05, 3.63) is 76.7 Å². The lowest BCUT2D eigenvalue weighted by molar-refractivity contribution is -0.115. The van der Waals surface area contributed by atoms with Crippen LogP contribution in [0.2, 0.25) is 0 Å². The van der Waals surface area contributed by atoms with Crippen molar-refractivity contribution >= 4 is 50.8 Å². The van der Waals surface area contributed by atoms with Gasteiger partial charge in [-0.2, -0.15) is 0 Å². The van der Waals surface area contributed by atoms with Gasteiger partial charge in [0.1, 0.15) is 0 Å². The summed E-state index contributed by atoms with van der Waals surface area (Å²) in [7, 11) is 0. The monoisotopic (exact) mass is 482 g/mol. The van der Waals surface area contributed by atoms with Gasteiger partial charge in [-0.25, -0.2) is 4.79 Å². The highest BCUT2D eigenvalue weighted by molar-refractivity contribution is 9.10. The van der Waals surface area contributed by atoms with E-state index in [0.29, 0.717) is 29.1 Å². The van der Waals surface area contributed by atoms with Crippen LogP contribution in [-0.2, 0) is 11.2 Å². The van der Waals surface area contributed by atoms with Gasteiger partial charge < -0.3 is 20.4 Å². The summed E-state index contributed by atoms with van der Waals surface area (Å²) in [5, 5.41) is 8.34. The van der Waals surface area contributed by atoms with E-state index >= 15 is 0 Å². The topological polar surface area (TPSA) is 104 Å². The predicted molar refractivity (Wildman–Crippen MR) is 120 cm³/mol. The lowest BCUT2D eigenvalue weighted by Crippen LogP contribution is -2.27. The van der Waals surface area contributed by atoms with Gasteiger partial charge in [0.15, 0.2) is 10.4 Å². The summed E-state index contributed by atoms with van der Waals surface area (Å²) in [5.41, 5.74) is 2.85. The Morgan fingerprint density at radius 2 is 1.65 bits per heavy atom. The van der Waals surface area contributed by atoms with Gasteiger partial charge in [-0.05, 0) is 70.0 Å². The Labute approximate surface area is 186 Å². The van der Waals surface area contributed by atoms with Crippen molar-refractivity contribution in [2.45, 2.75) is 6.42 Å². The number of nitrogens with one attached hydrogen (secondary N) is 3. The first-order chi connectivity index (χ1) is 15.0. The highest BCUT2D eigenvalue weighted by Crippen LogP contribution is 2.20. The fourth-order valence-corrected chi connectivity index (χ4v) is 3.47. The number of amides is 4. The summed E-state index contributed by atoms with van der Waals surface area (Å²) in [4.78, 5) is 37.8. The van der Waals surface area contributed by atoms with Crippen molar-refractivity contribution in [1.29, 1.82) is 0 Å². The molecule has 0 unspecified atom stereocenters. The third-order valence-corrected chi connectivity index (χ3v) is 5.12. The Balaban J connectivity index is 1.30. The Morgan fingerprint density at radius 1 is 0.968 bits per heavy atom. The van der Waals surface area contributed by atoms with Crippen LogP contribution in [0, 0.1) is 0 Å². The molecule has 1 aliphatic heterocycles. The van der Waals surface area contributed by atoms with Crippen molar-refractivity contribution in [3.8, 4) is 0 Å². The normalized spacial score (nSPS) is 13.1. The summed E-state index contributed by atoms with van der Waals surface area (Å²) >= 11 is 3.16. The molecule has 0 aliphatic carbocycles. The van der Waals surface area contributed by atoms with Crippen LogP contribution in [0.5, 0.6) is 0 Å². The maximum Gasteiger partial charge on any atom is 0.321 e. The molecule has 3 N–H and O–H groups in total. The van der Waals surface area contributed by atoms with Gasteiger partial charge >= 0.3 is 6.03 Å². The van der Waals surface area contributed by atoms with Gasteiger partial charge in [0, 0.05) is 30.2 Å². The van der Waals surface area contributed by atoms with Gasteiger partial charge in [0.2, 0.25) is 5.91 Å².